The minimum absolute atomic E-state index is 0.0451. The van der Waals surface area contributed by atoms with Crippen LogP contribution in [0.2, 0.25) is 0 Å². The lowest BCUT2D eigenvalue weighted by atomic mass is 10.1. The lowest BCUT2D eigenvalue weighted by molar-refractivity contribution is 0.337. The van der Waals surface area contributed by atoms with Crippen LogP contribution in [0.15, 0.2) is 22.7 Å². The molecule has 2 N–H and O–H groups in total. The highest BCUT2D eigenvalue weighted by atomic mass is 19.1. The first-order chi connectivity index (χ1) is 8.15. The van der Waals surface area contributed by atoms with E-state index in [0.717, 1.165) is 0 Å². The van der Waals surface area contributed by atoms with E-state index in [2.05, 4.69) is 5.16 Å². The molecule has 0 aliphatic rings. The SMILES string of the molecule is COc1cc(-c2cc(N)no2)cc(F)c1OC. The highest BCUT2D eigenvalue weighted by molar-refractivity contribution is 5.64. The molecule has 0 spiro atoms. The molecule has 0 bridgehead atoms. The molecule has 0 amide bonds. The van der Waals surface area contributed by atoms with Crippen molar-refractivity contribution in [2.75, 3.05) is 20.0 Å². The minimum Gasteiger partial charge on any atom is -0.493 e. The lowest BCUT2D eigenvalue weighted by Crippen LogP contribution is -1.94. The van der Waals surface area contributed by atoms with Gasteiger partial charge in [0.05, 0.1) is 14.2 Å². The van der Waals surface area contributed by atoms with Gasteiger partial charge in [-0.2, -0.15) is 0 Å². The third kappa shape index (κ3) is 2.01. The van der Waals surface area contributed by atoms with E-state index in [1.807, 2.05) is 0 Å². The number of hydrogen-bond acceptors (Lipinski definition) is 5. The summed E-state index contributed by atoms with van der Waals surface area (Å²) in [5, 5.41) is 3.53. The van der Waals surface area contributed by atoms with Crippen LogP contribution in [0.25, 0.3) is 11.3 Å². The molecule has 0 saturated heterocycles. The summed E-state index contributed by atoms with van der Waals surface area (Å²) in [7, 11) is 2.79. The number of nitrogen functional groups attached to an aromatic ring is 1. The number of anilines is 1. The molecule has 1 heterocycles. The van der Waals surface area contributed by atoms with Gasteiger partial charge >= 0.3 is 0 Å². The Bertz CT molecular complexity index is 540. The monoisotopic (exact) mass is 238 g/mol. The Morgan fingerprint density at radius 3 is 2.53 bits per heavy atom. The third-order valence-electron chi connectivity index (χ3n) is 2.25. The zero-order chi connectivity index (χ0) is 12.4. The molecule has 0 aliphatic heterocycles. The molecule has 0 fully saturated rings. The average molecular weight is 238 g/mol. The maximum Gasteiger partial charge on any atom is 0.196 e. The summed E-state index contributed by atoms with van der Waals surface area (Å²) in [6.07, 6.45) is 0. The number of aromatic nitrogens is 1. The number of halogens is 1. The fourth-order valence-corrected chi connectivity index (χ4v) is 1.49. The maximum atomic E-state index is 13.7. The average Bonchev–Trinajstić information content (AvgIpc) is 2.74. The highest BCUT2D eigenvalue weighted by Crippen LogP contribution is 2.35. The van der Waals surface area contributed by atoms with Crippen molar-refractivity contribution >= 4 is 5.82 Å². The topological polar surface area (TPSA) is 70.5 Å². The number of hydrogen-bond donors (Lipinski definition) is 1. The smallest absolute Gasteiger partial charge is 0.196 e. The van der Waals surface area contributed by atoms with Gasteiger partial charge in [0.1, 0.15) is 0 Å². The van der Waals surface area contributed by atoms with Crippen LogP contribution in [-0.2, 0) is 0 Å². The first-order valence-electron chi connectivity index (χ1n) is 4.79. The summed E-state index contributed by atoms with van der Waals surface area (Å²) in [6.45, 7) is 0. The van der Waals surface area contributed by atoms with Crippen molar-refractivity contribution in [1.82, 2.24) is 5.16 Å². The van der Waals surface area contributed by atoms with Gasteiger partial charge in [0.25, 0.3) is 0 Å². The van der Waals surface area contributed by atoms with Gasteiger partial charge < -0.3 is 19.7 Å². The van der Waals surface area contributed by atoms with Crippen LogP contribution in [0.5, 0.6) is 11.5 Å². The molecule has 0 saturated carbocycles. The van der Waals surface area contributed by atoms with Crippen LogP contribution in [0.3, 0.4) is 0 Å². The molecule has 1 aromatic heterocycles. The normalized spacial score (nSPS) is 10.3. The van der Waals surface area contributed by atoms with Gasteiger partial charge in [-0.15, -0.1) is 0 Å². The molecule has 6 heteroatoms. The Balaban J connectivity index is 2.53. The van der Waals surface area contributed by atoms with E-state index in [4.69, 9.17) is 19.7 Å². The predicted octanol–water partition coefficient (Wildman–Crippen LogP) is 2.08. The number of benzene rings is 1. The second-order valence-corrected chi connectivity index (χ2v) is 3.31. The molecule has 0 unspecified atom stereocenters. The summed E-state index contributed by atoms with van der Waals surface area (Å²) >= 11 is 0. The van der Waals surface area contributed by atoms with Crippen LogP contribution >= 0.6 is 0 Å². The zero-order valence-electron chi connectivity index (χ0n) is 9.36. The molecule has 5 nitrogen and oxygen atoms in total. The fourth-order valence-electron chi connectivity index (χ4n) is 1.49. The van der Waals surface area contributed by atoms with E-state index < -0.39 is 5.82 Å². The van der Waals surface area contributed by atoms with Crippen molar-refractivity contribution in [3.05, 3.63) is 24.0 Å². The number of methoxy groups -OCH3 is 2. The standard InChI is InChI=1S/C11H11FN2O3/c1-15-9-4-6(3-7(12)11(9)16-2)8-5-10(13)14-17-8/h3-5H,1-2H3,(H2,13,14). The number of rotatable bonds is 3. The molecule has 1 aromatic carbocycles. The molecule has 17 heavy (non-hydrogen) atoms. The van der Waals surface area contributed by atoms with Crippen LogP contribution in [0.1, 0.15) is 0 Å². The first kappa shape index (κ1) is 11.3. The maximum absolute atomic E-state index is 13.7. The quantitative estimate of drug-likeness (QED) is 0.886. The Morgan fingerprint density at radius 1 is 1.24 bits per heavy atom. The van der Waals surface area contributed by atoms with Gasteiger partial charge in [-0.25, -0.2) is 4.39 Å². The van der Waals surface area contributed by atoms with Gasteiger partial charge in [-0.05, 0) is 12.1 Å². The number of nitrogens with zero attached hydrogens (tertiary/aromatic N) is 1. The van der Waals surface area contributed by atoms with Gasteiger partial charge in [-0.3, -0.25) is 0 Å². The van der Waals surface area contributed by atoms with Crippen molar-refractivity contribution in [3.63, 3.8) is 0 Å². The van der Waals surface area contributed by atoms with Crippen molar-refractivity contribution in [1.29, 1.82) is 0 Å². The molecule has 2 aromatic rings. The Hall–Kier alpha value is -2.24. The van der Waals surface area contributed by atoms with Gasteiger partial charge in [-0.1, -0.05) is 5.16 Å². The van der Waals surface area contributed by atoms with Crippen molar-refractivity contribution in [2.45, 2.75) is 0 Å². The molecular weight excluding hydrogens is 227 g/mol. The molecule has 0 radical (unpaired) electrons. The minimum atomic E-state index is -0.545. The summed E-state index contributed by atoms with van der Waals surface area (Å²) in [5.41, 5.74) is 5.90. The Labute approximate surface area is 96.9 Å². The summed E-state index contributed by atoms with van der Waals surface area (Å²) in [4.78, 5) is 0. The fraction of sp³-hybridized carbons (Fsp3) is 0.182. The van der Waals surface area contributed by atoms with Crippen LogP contribution in [0.4, 0.5) is 10.2 Å². The van der Waals surface area contributed by atoms with Crippen molar-refractivity contribution in [2.24, 2.45) is 0 Å². The number of nitrogens with two attached hydrogens (primary N) is 1. The van der Waals surface area contributed by atoms with Gasteiger partial charge in [0, 0.05) is 11.6 Å². The second-order valence-electron chi connectivity index (χ2n) is 3.31. The van der Waals surface area contributed by atoms with E-state index in [9.17, 15) is 4.39 Å². The van der Waals surface area contributed by atoms with E-state index in [1.54, 1.807) is 6.07 Å². The molecule has 0 aliphatic carbocycles. The summed E-state index contributed by atoms with van der Waals surface area (Å²) in [5.74, 6) is 0.371. The lowest BCUT2D eigenvalue weighted by Gasteiger charge is -2.09. The summed E-state index contributed by atoms with van der Waals surface area (Å²) < 4.78 is 28.6. The molecule has 90 valence electrons. The van der Waals surface area contributed by atoms with Crippen LogP contribution < -0.4 is 15.2 Å². The largest absolute Gasteiger partial charge is 0.493 e. The molecule has 0 atom stereocenters. The molecular formula is C11H11FN2O3. The zero-order valence-corrected chi connectivity index (χ0v) is 9.36. The van der Waals surface area contributed by atoms with Crippen molar-refractivity contribution in [3.8, 4) is 22.8 Å². The van der Waals surface area contributed by atoms with Gasteiger partial charge in [0.2, 0.25) is 0 Å². The Kier molecular flexibility index (Phi) is 2.86. The van der Waals surface area contributed by atoms with E-state index in [-0.39, 0.29) is 17.3 Å². The molecule has 2 rings (SSSR count). The predicted molar refractivity (Wildman–Crippen MR) is 59.4 cm³/mol. The third-order valence-corrected chi connectivity index (χ3v) is 2.25. The van der Waals surface area contributed by atoms with Crippen LogP contribution in [0, 0.1) is 5.82 Å². The second kappa shape index (κ2) is 4.32. The number of ether oxygens (including phenoxy) is 2. The summed E-state index contributed by atoms with van der Waals surface area (Å²) in [6, 6.07) is 4.35. The Morgan fingerprint density at radius 2 is 2.00 bits per heavy atom. The van der Waals surface area contributed by atoms with Crippen LogP contribution in [-0.4, -0.2) is 19.4 Å². The first-order valence-corrected chi connectivity index (χ1v) is 4.79. The van der Waals surface area contributed by atoms with E-state index >= 15 is 0 Å². The van der Waals surface area contributed by atoms with E-state index in [0.29, 0.717) is 11.3 Å². The van der Waals surface area contributed by atoms with Crippen molar-refractivity contribution < 1.29 is 18.4 Å². The van der Waals surface area contributed by atoms with Gasteiger partial charge in [0.15, 0.2) is 28.9 Å². The van der Waals surface area contributed by atoms with E-state index in [1.165, 1.54) is 26.4 Å². The highest BCUT2D eigenvalue weighted by Gasteiger charge is 2.15.